The fraction of sp³-hybridized carbons (Fsp3) is 0.611. The first-order chi connectivity index (χ1) is 10.9. The van der Waals surface area contributed by atoms with Crippen molar-refractivity contribution in [3.63, 3.8) is 0 Å². The molecular formula is C18H22F3NO. The van der Waals surface area contributed by atoms with E-state index in [0.717, 1.165) is 31.5 Å². The standard InChI is InChI=1S/C18H22F3NO/c19-18(20,21)16-4-2-1-3-15(16)17(23)8-10-22-9-7-13-5-6-14(11-13)12-22/h1-4,13-14H,5-12H2/t13-,14+/m1/s1. The quantitative estimate of drug-likeness (QED) is 0.765. The van der Waals surface area contributed by atoms with Crippen LogP contribution in [0.1, 0.15) is 48.0 Å². The molecule has 1 aromatic carbocycles. The molecule has 1 saturated heterocycles. The Hall–Kier alpha value is -1.36. The van der Waals surface area contributed by atoms with Crippen molar-refractivity contribution in [1.29, 1.82) is 0 Å². The van der Waals surface area contributed by atoms with Crippen LogP contribution in [0.3, 0.4) is 0 Å². The van der Waals surface area contributed by atoms with Gasteiger partial charge in [-0.2, -0.15) is 13.2 Å². The molecule has 1 aliphatic heterocycles. The summed E-state index contributed by atoms with van der Waals surface area (Å²) in [6.07, 6.45) is 0.687. The number of rotatable bonds is 4. The molecule has 1 aromatic rings. The van der Waals surface area contributed by atoms with Crippen LogP contribution in [0.2, 0.25) is 0 Å². The van der Waals surface area contributed by atoms with Crippen LogP contribution in [0.25, 0.3) is 0 Å². The van der Waals surface area contributed by atoms with Gasteiger partial charge in [0.2, 0.25) is 0 Å². The fourth-order valence-electron chi connectivity index (χ4n) is 4.00. The van der Waals surface area contributed by atoms with Crippen molar-refractivity contribution in [2.24, 2.45) is 11.8 Å². The second-order valence-electron chi connectivity index (χ2n) is 6.85. The molecule has 5 heteroatoms. The van der Waals surface area contributed by atoms with E-state index in [1.165, 1.54) is 37.5 Å². The Balaban J connectivity index is 1.62. The lowest BCUT2D eigenvalue weighted by Crippen LogP contribution is -2.31. The molecule has 0 spiro atoms. The molecule has 1 heterocycles. The first-order valence-electron chi connectivity index (χ1n) is 8.35. The third-order valence-electron chi connectivity index (χ3n) is 5.21. The summed E-state index contributed by atoms with van der Waals surface area (Å²) in [7, 11) is 0. The minimum absolute atomic E-state index is 0.157. The molecule has 0 aromatic heterocycles. The van der Waals surface area contributed by atoms with E-state index < -0.39 is 17.5 Å². The van der Waals surface area contributed by atoms with E-state index in [4.69, 9.17) is 0 Å². The van der Waals surface area contributed by atoms with Crippen LogP contribution in [0.4, 0.5) is 13.2 Å². The predicted octanol–water partition coefficient (Wildman–Crippen LogP) is 4.40. The normalized spacial score (nSPS) is 25.3. The Bertz CT molecular complexity index is 570. The largest absolute Gasteiger partial charge is 0.417 e. The molecule has 2 atom stereocenters. The second kappa shape index (κ2) is 6.63. The van der Waals surface area contributed by atoms with Gasteiger partial charge in [-0.3, -0.25) is 4.79 Å². The van der Waals surface area contributed by atoms with E-state index in [2.05, 4.69) is 4.90 Å². The molecule has 126 valence electrons. The monoisotopic (exact) mass is 325 g/mol. The first kappa shape index (κ1) is 16.5. The van der Waals surface area contributed by atoms with Crippen molar-refractivity contribution < 1.29 is 18.0 Å². The Labute approximate surface area is 134 Å². The van der Waals surface area contributed by atoms with Gasteiger partial charge in [0.05, 0.1) is 5.56 Å². The molecule has 0 radical (unpaired) electrons. The Morgan fingerprint density at radius 1 is 1.13 bits per heavy atom. The fourth-order valence-corrected chi connectivity index (χ4v) is 4.00. The van der Waals surface area contributed by atoms with Crippen LogP contribution in [0.5, 0.6) is 0 Å². The summed E-state index contributed by atoms with van der Waals surface area (Å²) in [5.74, 6) is 1.11. The molecule has 23 heavy (non-hydrogen) atoms. The lowest BCUT2D eigenvalue weighted by Gasteiger charge is -2.24. The van der Waals surface area contributed by atoms with E-state index in [-0.39, 0.29) is 12.0 Å². The highest BCUT2D eigenvalue weighted by atomic mass is 19.4. The number of alkyl halides is 3. The molecular weight excluding hydrogens is 303 g/mol. The van der Waals surface area contributed by atoms with Gasteiger partial charge in [0.15, 0.2) is 5.78 Å². The first-order valence-corrected chi connectivity index (χ1v) is 8.35. The van der Waals surface area contributed by atoms with Gasteiger partial charge >= 0.3 is 6.18 Å². The van der Waals surface area contributed by atoms with Crippen molar-refractivity contribution >= 4 is 5.78 Å². The van der Waals surface area contributed by atoms with Crippen LogP contribution < -0.4 is 0 Å². The number of ketones is 1. The summed E-state index contributed by atoms with van der Waals surface area (Å²) in [4.78, 5) is 14.5. The Morgan fingerprint density at radius 2 is 1.87 bits per heavy atom. The number of hydrogen-bond acceptors (Lipinski definition) is 2. The summed E-state index contributed by atoms with van der Waals surface area (Å²) in [5, 5.41) is 0. The smallest absolute Gasteiger partial charge is 0.303 e. The maximum Gasteiger partial charge on any atom is 0.417 e. The van der Waals surface area contributed by atoms with E-state index in [0.29, 0.717) is 12.5 Å². The molecule has 0 amide bonds. The van der Waals surface area contributed by atoms with Gasteiger partial charge in [0.25, 0.3) is 0 Å². The summed E-state index contributed by atoms with van der Waals surface area (Å²) in [5.41, 5.74) is -1.02. The summed E-state index contributed by atoms with van der Waals surface area (Å²) in [6.45, 7) is 2.52. The van der Waals surface area contributed by atoms with E-state index in [1.807, 2.05) is 0 Å². The molecule has 2 nitrogen and oxygen atoms in total. The highest BCUT2D eigenvalue weighted by molar-refractivity contribution is 5.97. The van der Waals surface area contributed by atoms with Gasteiger partial charge in [-0.05, 0) is 43.7 Å². The number of halogens is 3. The number of carbonyl (C=O) groups is 1. The maximum absolute atomic E-state index is 13.0. The van der Waals surface area contributed by atoms with Crippen LogP contribution in [-0.2, 0) is 6.18 Å². The molecule has 2 bridgehead atoms. The molecule has 1 saturated carbocycles. The third kappa shape index (κ3) is 3.94. The van der Waals surface area contributed by atoms with Crippen LogP contribution in [0.15, 0.2) is 24.3 Å². The van der Waals surface area contributed by atoms with E-state index >= 15 is 0 Å². The third-order valence-corrected chi connectivity index (χ3v) is 5.21. The average Bonchev–Trinajstić information content (AvgIpc) is 2.85. The molecule has 1 aliphatic carbocycles. The molecule has 0 N–H and O–H groups in total. The zero-order valence-corrected chi connectivity index (χ0v) is 13.1. The minimum atomic E-state index is -4.48. The van der Waals surface area contributed by atoms with Crippen molar-refractivity contribution in [1.82, 2.24) is 4.90 Å². The van der Waals surface area contributed by atoms with Crippen LogP contribution in [-0.4, -0.2) is 30.3 Å². The minimum Gasteiger partial charge on any atom is -0.303 e. The van der Waals surface area contributed by atoms with Gasteiger partial charge < -0.3 is 4.90 Å². The number of carbonyl (C=O) groups excluding carboxylic acids is 1. The van der Waals surface area contributed by atoms with Crippen molar-refractivity contribution in [2.75, 3.05) is 19.6 Å². The van der Waals surface area contributed by atoms with Crippen molar-refractivity contribution in [2.45, 2.75) is 38.3 Å². The molecule has 3 rings (SSSR count). The van der Waals surface area contributed by atoms with E-state index in [9.17, 15) is 18.0 Å². The zero-order chi connectivity index (χ0) is 16.4. The maximum atomic E-state index is 13.0. The lowest BCUT2D eigenvalue weighted by molar-refractivity contribution is -0.137. The van der Waals surface area contributed by atoms with Gasteiger partial charge in [0.1, 0.15) is 0 Å². The highest BCUT2D eigenvalue weighted by Gasteiger charge is 2.35. The topological polar surface area (TPSA) is 20.3 Å². The molecule has 2 aliphatic rings. The Kier molecular flexibility index (Phi) is 4.76. The van der Waals surface area contributed by atoms with Crippen LogP contribution >= 0.6 is 0 Å². The highest BCUT2D eigenvalue weighted by Crippen LogP contribution is 2.36. The second-order valence-corrected chi connectivity index (χ2v) is 6.85. The van der Waals surface area contributed by atoms with Crippen molar-refractivity contribution in [3.8, 4) is 0 Å². The predicted molar refractivity (Wildman–Crippen MR) is 82.3 cm³/mol. The number of fused-ring (bicyclic) bond motifs is 2. The summed E-state index contributed by atoms with van der Waals surface area (Å²) >= 11 is 0. The number of benzene rings is 1. The average molecular weight is 325 g/mol. The number of nitrogens with zero attached hydrogens (tertiary/aromatic N) is 1. The Morgan fingerprint density at radius 3 is 2.65 bits per heavy atom. The lowest BCUT2D eigenvalue weighted by atomic mass is 10.0. The number of likely N-dealkylation sites (tertiary alicyclic amines) is 1. The summed E-state index contributed by atoms with van der Waals surface area (Å²) < 4.78 is 39.0. The van der Waals surface area contributed by atoms with Crippen molar-refractivity contribution in [3.05, 3.63) is 35.4 Å². The van der Waals surface area contributed by atoms with Crippen LogP contribution in [0, 0.1) is 11.8 Å². The zero-order valence-electron chi connectivity index (χ0n) is 13.1. The summed E-state index contributed by atoms with van der Waals surface area (Å²) in [6, 6.07) is 5.09. The number of Topliss-reactive ketones (excluding diaryl/α,β-unsaturated/α-hetero) is 1. The van der Waals surface area contributed by atoms with Gasteiger partial charge in [-0.1, -0.05) is 24.6 Å². The van der Waals surface area contributed by atoms with Gasteiger partial charge in [0, 0.05) is 25.1 Å². The van der Waals surface area contributed by atoms with Gasteiger partial charge in [-0.25, -0.2) is 0 Å². The van der Waals surface area contributed by atoms with Gasteiger partial charge in [-0.15, -0.1) is 0 Å². The number of hydrogen-bond donors (Lipinski definition) is 0. The van der Waals surface area contributed by atoms with E-state index in [1.54, 1.807) is 0 Å². The molecule has 2 fully saturated rings. The SMILES string of the molecule is O=C(CCN1CC[C@H]2CC[C@@H](C2)C1)c1ccccc1C(F)(F)F. The molecule has 0 unspecified atom stereocenters.